The van der Waals surface area contributed by atoms with Crippen molar-refractivity contribution < 1.29 is 28.7 Å². The first kappa shape index (κ1) is 39.0. The first-order valence-corrected chi connectivity index (χ1v) is 20.8. The number of piperidine rings is 1. The van der Waals surface area contributed by atoms with Gasteiger partial charge in [-0.3, -0.25) is 39.1 Å². The molecular weight excluding hydrogens is 770 g/mol. The minimum Gasteiger partial charge on any atom is -0.489 e. The monoisotopic (exact) mass is 817 g/mol. The number of amides is 5. The first-order chi connectivity index (χ1) is 28.1. The van der Waals surface area contributed by atoms with E-state index < -0.39 is 29.7 Å². The van der Waals surface area contributed by atoms with Crippen molar-refractivity contribution in [2.75, 3.05) is 49.1 Å². The Morgan fingerprint density at radius 3 is 2.15 bits per heavy atom. The minimum atomic E-state index is -0.973. The predicted molar refractivity (Wildman–Crippen MR) is 220 cm³/mol. The fourth-order valence-corrected chi connectivity index (χ4v) is 11.2. The molecular formula is C45H48ClN7O6. The van der Waals surface area contributed by atoms with Crippen LogP contribution in [0.25, 0.3) is 0 Å². The molecule has 9 rings (SSSR count). The molecule has 3 aromatic carbocycles. The highest BCUT2D eigenvalue weighted by atomic mass is 35.5. The zero-order valence-corrected chi connectivity index (χ0v) is 34.5. The second-order valence-electron chi connectivity index (χ2n) is 18.5. The van der Waals surface area contributed by atoms with Gasteiger partial charge in [-0.05, 0) is 73.9 Å². The van der Waals surface area contributed by atoms with Gasteiger partial charge in [-0.2, -0.15) is 5.26 Å². The minimum absolute atomic E-state index is 0.0914. The molecule has 0 bridgehead atoms. The Labute approximate surface area is 348 Å². The van der Waals surface area contributed by atoms with Gasteiger partial charge >= 0.3 is 0 Å². The highest BCUT2D eigenvalue weighted by Gasteiger charge is 2.64. The molecule has 4 heterocycles. The molecule has 0 aromatic heterocycles. The molecule has 59 heavy (non-hydrogen) atoms. The number of nitrogens with zero attached hydrogens (tertiary/aromatic N) is 5. The molecule has 3 saturated heterocycles. The fourth-order valence-electron chi connectivity index (χ4n) is 11.0. The molecule has 14 heteroatoms. The van der Waals surface area contributed by atoms with Gasteiger partial charge in [-0.15, -0.1) is 0 Å². The Hall–Kier alpha value is -5.45. The van der Waals surface area contributed by atoms with Gasteiger partial charge in [0.15, 0.2) is 0 Å². The number of piperazine rings is 1. The highest BCUT2D eigenvalue weighted by Crippen LogP contribution is 2.56. The van der Waals surface area contributed by atoms with Gasteiger partial charge in [-0.25, -0.2) is 0 Å². The van der Waals surface area contributed by atoms with Crippen LogP contribution < -0.4 is 25.2 Å². The van der Waals surface area contributed by atoms with Crippen LogP contribution in [0.1, 0.15) is 90.0 Å². The molecule has 1 unspecified atom stereocenters. The van der Waals surface area contributed by atoms with Crippen molar-refractivity contribution >= 4 is 52.5 Å². The number of nitriles is 1. The lowest BCUT2D eigenvalue weighted by Gasteiger charge is -2.63. The second kappa shape index (κ2) is 14.1. The number of fused-ring (bicyclic) bond motifs is 1. The van der Waals surface area contributed by atoms with Crippen LogP contribution in [0, 0.1) is 27.6 Å². The Kier molecular flexibility index (Phi) is 9.32. The molecule has 4 aliphatic heterocycles. The molecule has 5 amide bonds. The number of carbonyl (C=O) groups is 5. The number of hydrogen-bond donors (Lipinski definition) is 2. The van der Waals surface area contributed by atoms with Crippen molar-refractivity contribution in [2.24, 2.45) is 16.2 Å². The van der Waals surface area contributed by atoms with E-state index in [1.54, 1.807) is 30.3 Å². The third kappa shape index (κ3) is 6.52. The summed E-state index contributed by atoms with van der Waals surface area (Å²) in [6.45, 7) is 13.8. The van der Waals surface area contributed by atoms with Gasteiger partial charge in [-0.1, -0.05) is 39.3 Å². The van der Waals surface area contributed by atoms with Crippen LogP contribution in [0.4, 0.5) is 11.4 Å². The van der Waals surface area contributed by atoms with Crippen molar-refractivity contribution in [3.05, 3.63) is 87.9 Å². The maximum atomic E-state index is 13.5. The van der Waals surface area contributed by atoms with Crippen molar-refractivity contribution in [3.8, 4) is 11.8 Å². The summed E-state index contributed by atoms with van der Waals surface area (Å²) in [5.41, 5.74) is 3.26. The average Bonchev–Trinajstić information content (AvgIpc) is 3.43. The van der Waals surface area contributed by atoms with Crippen molar-refractivity contribution in [1.82, 2.24) is 20.4 Å². The van der Waals surface area contributed by atoms with Crippen LogP contribution in [0.2, 0.25) is 5.02 Å². The summed E-state index contributed by atoms with van der Waals surface area (Å²) in [4.78, 5) is 72.3. The second-order valence-corrected chi connectivity index (χ2v) is 18.9. The lowest BCUT2D eigenvalue weighted by Crippen LogP contribution is -2.74. The van der Waals surface area contributed by atoms with E-state index in [1.165, 1.54) is 0 Å². The quantitative estimate of drug-likeness (QED) is 0.297. The number of benzene rings is 3. The fraction of sp³-hybridized carbons (Fsp3) is 0.467. The van der Waals surface area contributed by atoms with Gasteiger partial charge in [0, 0.05) is 97.0 Å². The van der Waals surface area contributed by atoms with E-state index in [9.17, 15) is 29.2 Å². The number of halogens is 1. The van der Waals surface area contributed by atoms with Crippen LogP contribution in [-0.2, 0) is 9.59 Å². The Balaban J connectivity index is 0.735. The number of hydrogen-bond acceptors (Lipinski definition) is 10. The van der Waals surface area contributed by atoms with Crippen LogP contribution in [0.15, 0.2) is 60.7 Å². The van der Waals surface area contributed by atoms with Crippen LogP contribution in [0.3, 0.4) is 0 Å². The maximum absolute atomic E-state index is 13.5. The van der Waals surface area contributed by atoms with E-state index >= 15 is 0 Å². The number of imide groups is 2. The molecule has 1 spiro atoms. The summed E-state index contributed by atoms with van der Waals surface area (Å²) < 4.78 is 6.38. The zero-order chi connectivity index (χ0) is 41.6. The largest absolute Gasteiger partial charge is 0.489 e. The first-order valence-electron chi connectivity index (χ1n) is 20.5. The molecule has 306 valence electrons. The van der Waals surface area contributed by atoms with E-state index in [4.69, 9.17) is 16.3 Å². The number of nitrogens with one attached hydrogen (secondary N) is 2. The summed E-state index contributed by atoms with van der Waals surface area (Å²) in [6, 6.07) is 19.9. The van der Waals surface area contributed by atoms with E-state index in [0.29, 0.717) is 44.5 Å². The third-order valence-corrected chi connectivity index (χ3v) is 14.2. The summed E-state index contributed by atoms with van der Waals surface area (Å²) >= 11 is 6.25. The normalized spacial score (nSPS) is 25.7. The Bertz CT molecular complexity index is 2300. The number of rotatable bonds is 8. The van der Waals surface area contributed by atoms with E-state index in [0.717, 1.165) is 68.4 Å². The van der Waals surface area contributed by atoms with E-state index in [1.807, 2.05) is 30.3 Å². The molecule has 2 aliphatic carbocycles. The predicted octanol–water partition coefficient (Wildman–Crippen LogP) is 5.02. The van der Waals surface area contributed by atoms with Gasteiger partial charge in [0.25, 0.3) is 17.7 Å². The molecule has 0 radical (unpaired) electrons. The van der Waals surface area contributed by atoms with Gasteiger partial charge < -0.3 is 19.9 Å². The third-order valence-electron chi connectivity index (χ3n) is 13.9. The number of anilines is 2. The van der Waals surface area contributed by atoms with Gasteiger partial charge in [0.2, 0.25) is 11.8 Å². The lowest BCUT2D eigenvalue weighted by molar-refractivity contribution is -0.164. The van der Waals surface area contributed by atoms with Crippen molar-refractivity contribution in [2.45, 2.75) is 77.6 Å². The Morgan fingerprint density at radius 1 is 0.847 bits per heavy atom. The molecule has 6 aliphatic rings. The highest BCUT2D eigenvalue weighted by molar-refractivity contribution is 6.31. The van der Waals surface area contributed by atoms with Crippen molar-refractivity contribution in [1.29, 1.82) is 5.26 Å². The van der Waals surface area contributed by atoms with Crippen LogP contribution >= 0.6 is 11.6 Å². The molecule has 1 atom stereocenters. The van der Waals surface area contributed by atoms with Gasteiger partial charge in [0.1, 0.15) is 24.0 Å². The summed E-state index contributed by atoms with van der Waals surface area (Å²) in [6.07, 6.45) is 2.36. The molecule has 3 aromatic rings. The topological polar surface area (TPSA) is 155 Å². The average molecular weight is 818 g/mol. The smallest absolute Gasteiger partial charge is 0.262 e. The lowest BCUT2D eigenvalue weighted by atomic mass is 9.49. The number of ether oxygens (including phenoxy) is 1. The zero-order valence-electron chi connectivity index (χ0n) is 33.7. The van der Waals surface area contributed by atoms with Gasteiger partial charge in [0.05, 0.1) is 21.7 Å². The molecule has 2 N–H and O–H groups in total. The summed E-state index contributed by atoms with van der Waals surface area (Å²) in [5, 5.41) is 15.1. The standard InChI is InChI=1S/C45H48ClN7O6/c1-43(2)41(44(3,4)42(43)59-31-11-7-27(23-47)34(46)20-31)49-37(55)26-5-8-28(9-6-26)52-24-45(25-52)21-30(22-45)51-17-15-50(16-18-51)29-10-12-32-33(19-29)40(58)53(39(32)57)35-13-14-36(54)48-38(35)56/h5-12,19-20,30,35,41-42H,13-18,21-22,24-25H2,1-4H3,(H,49,55)(H,48,54,56). The Morgan fingerprint density at radius 2 is 1.51 bits per heavy atom. The SMILES string of the molecule is CC1(C)C(NC(=O)c2ccc(N3CC4(CC(N5CCN(c6ccc7c(c6)C(=O)N(C6CCC(=O)NC6=O)C7=O)CC5)C4)C3)cc2)C(C)(C)C1Oc1ccc(C#N)c(Cl)c1. The van der Waals surface area contributed by atoms with Crippen LogP contribution in [0.5, 0.6) is 5.75 Å². The van der Waals surface area contributed by atoms with Crippen LogP contribution in [-0.4, -0.2) is 103 Å². The van der Waals surface area contributed by atoms with E-state index in [-0.39, 0.29) is 41.7 Å². The van der Waals surface area contributed by atoms with E-state index in [2.05, 4.69) is 59.1 Å². The maximum Gasteiger partial charge on any atom is 0.262 e. The molecule has 13 nitrogen and oxygen atoms in total. The summed E-state index contributed by atoms with van der Waals surface area (Å²) in [5.74, 6) is -1.48. The molecule has 5 fully saturated rings. The van der Waals surface area contributed by atoms with Crippen molar-refractivity contribution in [3.63, 3.8) is 0 Å². The number of carbonyl (C=O) groups excluding carboxylic acids is 5. The molecule has 2 saturated carbocycles. The summed E-state index contributed by atoms with van der Waals surface area (Å²) in [7, 11) is 0.